The molecule has 0 bridgehead atoms. The van der Waals surface area contributed by atoms with Gasteiger partial charge in [-0.2, -0.15) is 0 Å². The smallest absolute Gasteiger partial charge is 0.224 e. The molecule has 4 heteroatoms. The second-order valence-electron chi connectivity index (χ2n) is 6.40. The number of benzene rings is 1. The van der Waals surface area contributed by atoms with Crippen molar-refractivity contribution in [2.75, 3.05) is 32.8 Å². The zero-order valence-electron chi connectivity index (χ0n) is 14.5. The molecule has 0 spiro atoms. The van der Waals surface area contributed by atoms with E-state index in [1.165, 1.54) is 11.1 Å². The lowest BCUT2D eigenvalue weighted by molar-refractivity contribution is -0.126. The molecule has 1 heterocycles. The Morgan fingerprint density at radius 2 is 2.13 bits per heavy atom. The number of carbonyl (C=O) groups excluding carboxylic acids is 1. The normalized spacial score (nSPS) is 18.8. The molecule has 0 aliphatic carbocycles. The highest BCUT2D eigenvalue weighted by atomic mass is 16.5. The van der Waals surface area contributed by atoms with Crippen LogP contribution < -0.4 is 5.32 Å². The zero-order chi connectivity index (χ0) is 16.5. The minimum Gasteiger partial charge on any atom is -0.382 e. The van der Waals surface area contributed by atoms with E-state index in [-0.39, 0.29) is 11.8 Å². The maximum atomic E-state index is 12.3. The van der Waals surface area contributed by atoms with Crippen LogP contribution in [0.2, 0.25) is 0 Å². The second-order valence-corrected chi connectivity index (χ2v) is 6.40. The summed E-state index contributed by atoms with van der Waals surface area (Å²) in [5.74, 6) is 0.330. The lowest BCUT2D eigenvalue weighted by Gasteiger charge is -2.32. The van der Waals surface area contributed by atoms with Crippen molar-refractivity contribution in [1.82, 2.24) is 10.2 Å². The number of rotatable bonds is 8. The van der Waals surface area contributed by atoms with Crippen LogP contribution in [0, 0.1) is 12.8 Å². The first-order valence-electron chi connectivity index (χ1n) is 8.82. The van der Waals surface area contributed by atoms with Crippen LogP contribution in [0.3, 0.4) is 0 Å². The van der Waals surface area contributed by atoms with Crippen LogP contribution in [-0.4, -0.2) is 43.7 Å². The van der Waals surface area contributed by atoms with Crippen LogP contribution in [0.4, 0.5) is 0 Å². The number of carbonyl (C=O) groups is 1. The minimum atomic E-state index is 0.126. The first-order valence-corrected chi connectivity index (χ1v) is 8.82. The van der Waals surface area contributed by atoms with E-state index in [2.05, 4.69) is 41.4 Å². The fourth-order valence-electron chi connectivity index (χ4n) is 3.04. The number of piperidine rings is 1. The third-order valence-electron chi connectivity index (χ3n) is 4.37. The lowest BCUT2D eigenvalue weighted by Crippen LogP contribution is -2.43. The Labute approximate surface area is 140 Å². The highest BCUT2D eigenvalue weighted by Crippen LogP contribution is 2.19. The van der Waals surface area contributed by atoms with E-state index >= 15 is 0 Å². The Hall–Kier alpha value is -1.39. The molecule has 4 nitrogen and oxygen atoms in total. The summed E-state index contributed by atoms with van der Waals surface area (Å²) in [6.07, 6.45) is 2.99. The Morgan fingerprint density at radius 3 is 2.87 bits per heavy atom. The van der Waals surface area contributed by atoms with Gasteiger partial charge in [0.2, 0.25) is 5.91 Å². The average Bonchev–Trinajstić information content (AvgIpc) is 2.57. The van der Waals surface area contributed by atoms with Crippen molar-refractivity contribution >= 4 is 5.91 Å². The molecule has 1 atom stereocenters. The van der Waals surface area contributed by atoms with Crippen molar-refractivity contribution in [2.45, 2.75) is 39.7 Å². The van der Waals surface area contributed by atoms with Crippen LogP contribution >= 0.6 is 0 Å². The molecule has 0 saturated carbocycles. The molecular formula is C19H30N2O2. The van der Waals surface area contributed by atoms with E-state index in [0.717, 1.165) is 52.1 Å². The van der Waals surface area contributed by atoms with Crippen molar-refractivity contribution in [1.29, 1.82) is 0 Å². The highest BCUT2D eigenvalue weighted by molar-refractivity contribution is 5.78. The summed E-state index contributed by atoms with van der Waals surface area (Å²) < 4.78 is 5.29. The maximum Gasteiger partial charge on any atom is 0.224 e. The molecule has 2 rings (SSSR count). The fourth-order valence-corrected chi connectivity index (χ4v) is 3.04. The number of likely N-dealkylation sites (tertiary alicyclic amines) is 1. The summed E-state index contributed by atoms with van der Waals surface area (Å²) in [5, 5.41) is 3.06. The summed E-state index contributed by atoms with van der Waals surface area (Å²) in [6, 6.07) is 8.68. The molecular weight excluding hydrogens is 288 g/mol. The van der Waals surface area contributed by atoms with Gasteiger partial charge in [-0.3, -0.25) is 9.69 Å². The lowest BCUT2D eigenvalue weighted by atomic mass is 9.96. The molecule has 1 saturated heterocycles. The summed E-state index contributed by atoms with van der Waals surface area (Å²) in [6.45, 7) is 9.17. The van der Waals surface area contributed by atoms with E-state index < -0.39 is 0 Å². The SMILES string of the molecule is CCOCCCNC(=O)C1CCCN(Cc2ccc(C)cc2)C1. The molecule has 0 aromatic heterocycles. The number of amides is 1. The molecule has 0 radical (unpaired) electrons. The summed E-state index contributed by atoms with van der Waals surface area (Å²) in [4.78, 5) is 14.7. The Kier molecular flexibility index (Phi) is 7.56. The molecule has 1 amide bonds. The van der Waals surface area contributed by atoms with Gasteiger partial charge in [-0.05, 0) is 45.2 Å². The van der Waals surface area contributed by atoms with Gasteiger partial charge in [0.05, 0.1) is 5.92 Å². The van der Waals surface area contributed by atoms with Gasteiger partial charge in [0, 0.05) is 32.8 Å². The minimum absolute atomic E-state index is 0.126. The first kappa shape index (κ1) is 18.0. The van der Waals surface area contributed by atoms with Gasteiger partial charge >= 0.3 is 0 Å². The fraction of sp³-hybridized carbons (Fsp3) is 0.632. The molecule has 1 fully saturated rings. The molecule has 1 aromatic carbocycles. The number of hydrogen-bond donors (Lipinski definition) is 1. The van der Waals surface area contributed by atoms with Gasteiger partial charge in [0.25, 0.3) is 0 Å². The monoisotopic (exact) mass is 318 g/mol. The second kappa shape index (κ2) is 9.68. The standard InChI is InChI=1S/C19H30N2O2/c1-3-23-13-5-11-20-19(22)18-6-4-12-21(15-18)14-17-9-7-16(2)8-10-17/h7-10,18H,3-6,11-15H2,1-2H3,(H,20,22). The Morgan fingerprint density at radius 1 is 1.35 bits per heavy atom. The first-order chi connectivity index (χ1) is 11.2. The van der Waals surface area contributed by atoms with Gasteiger partial charge in [-0.15, -0.1) is 0 Å². The third kappa shape index (κ3) is 6.32. The highest BCUT2D eigenvalue weighted by Gasteiger charge is 2.25. The number of ether oxygens (including phenoxy) is 1. The van der Waals surface area contributed by atoms with Crippen molar-refractivity contribution in [3.8, 4) is 0 Å². The number of hydrogen-bond acceptors (Lipinski definition) is 3. The molecule has 128 valence electrons. The largest absolute Gasteiger partial charge is 0.382 e. The van der Waals surface area contributed by atoms with Crippen LogP contribution in [0.1, 0.15) is 37.3 Å². The molecule has 23 heavy (non-hydrogen) atoms. The summed E-state index contributed by atoms with van der Waals surface area (Å²) in [7, 11) is 0. The van der Waals surface area contributed by atoms with Crippen LogP contribution in [-0.2, 0) is 16.1 Å². The topological polar surface area (TPSA) is 41.6 Å². The number of aryl methyl sites for hydroxylation is 1. The van der Waals surface area contributed by atoms with Crippen LogP contribution in [0.5, 0.6) is 0 Å². The summed E-state index contributed by atoms with van der Waals surface area (Å²) >= 11 is 0. The maximum absolute atomic E-state index is 12.3. The van der Waals surface area contributed by atoms with Gasteiger partial charge in [-0.25, -0.2) is 0 Å². The van der Waals surface area contributed by atoms with Crippen LogP contribution in [0.25, 0.3) is 0 Å². The average molecular weight is 318 g/mol. The molecule has 1 aliphatic rings. The Balaban J connectivity index is 1.74. The van der Waals surface area contributed by atoms with E-state index in [1.54, 1.807) is 0 Å². The van der Waals surface area contributed by atoms with Gasteiger partial charge in [0.15, 0.2) is 0 Å². The van der Waals surface area contributed by atoms with Crippen molar-refractivity contribution in [3.05, 3.63) is 35.4 Å². The molecule has 1 aliphatic heterocycles. The number of nitrogens with zero attached hydrogens (tertiary/aromatic N) is 1. The Bertz CT molecular complexity index is 473. The van der Waals surface area contributed by atoms with Crippen molar-refractivity contribution in [3.63, 3.8) is 0 Å². The van der Waals surface area contributed by atoms with Crippen molar-refractivity contribution in [2.24, 2.45) is 5.92 Å². The van der Waals surface area contributed by atoms with Gasteiger partial charge in [-0.1, -0.05) is 29.8 Å². The quantitative estimate of drug-likeness (QED) is 0.749. The predicted octanol–water partition coefficient (Wildman–Crippen LogP) is 2.75. The summed E-state index contributed by atoms with van der Waals surface area (Å²) in [5.41, 5.74) is 2.62. The number of nitrogens with one attached hydrogen (secondary N) is 1. The van der Waals surface area contributed by atoms with E-state index in [0.29, 0.717) is 6.54 Å². The molecule has 1 aromatic rings. The van der Waals surface area contributed by atoms with Crippen LogP contribution in [0.15, 0.2) is 24.3 Å². The molecule has 1 unspecified atom stereocenters. The predicted molar refractivity (Wildman–Crippen MR) is 93.3 cm³/mol. The van der Waals surface area contributed by atoms with E-state index in [4.69, 9.17) is 4.74 Å². The zero-order valence-corrected chi connectivity index (χ0v) is 14.5. The van der Waals surface area contributed by atoms with E-state index in [1.807, 2.05) is 6.92 Å². The van der Waals surface area contributed by atoms with Gasteiger partial charge < -0.3 is 10.1 Å². The van der Waals surface area contributed by atoms with Crippen molar-refractivity contribution < 1.29 is 9.53 Å². The van der Waals surface area contributed by atoms with E-state index in [9.17, 15) is 4.79 Å². The van der Waals surface area contributed by atoms with Gasteiger partial charge in [0.1, 0.15) is 0 Å². The molecule has 1 N–H and O–H groups in total. The third-order valence-corrected chi connectivity index (χ3v) is 4.37.